The van der Waals surface area contributed by atoms with Crippen molar-refractivity contribution in [2.24, 2.45) is 0 Å². The molecule has 168 valence electrons. The van der Waals surface area contributed by atoms with Crippen molar-refractivity contribution in [2.45, 2.75) is 25.7 Å². The van der Waals surface area contributed by atoms with E-state index in [2.05, 4.69) is 19.4 Å². The van der Waals surface area contributed by atoms with Gasteiger partial charge in [0.1, 0.15) is 11.6 Å². The molecule has 3 rings (SSSR count). The molecule has 9 heteroatoms. The van der Waals surface area contributed by atoms with Gasteiger partial charge in [-0.1, -0.05) is 25.1 Å². The number of aromatic nitrogens is 2. The third-order valence-corrected chi connectivity index (χ3v) is 5.65. The molecule has 32 heavy (non-hydrogen) atoms. The third kappa shape index (κ3) is 5.37. The Hall–Kier alpha value is -3.12. The largest absolute Gasteiger partial charge is 0.502 e. The lowest BCUT2D eigenvalue weighted by atomic mass is 9.88. The number of H-pyrrole nitrogens is 1. The van der Waals surface area contributed by atoms with Gasteiger partial charge < -0.3 is 10.0 Å². The van der Waals surface area contributed by atoms with Crippen LogP contribution in [0, 0.1) is 11.6 Å². The first-order chi connectivity index (χ1) is 15.3. The molecule has 0 fully saturated rings. The molecule has 0 saturated carbocycles. The van der Waals surface area contributed by atoms with Gasteiger partial charge in [0, 0.05) is 24.3 Å². The van der Waals surface area contributed by atoms with Crippen molar-refractivity contribution in [3.05, 3.63) is 87.3 Å². The topological polar surface area (TPSA) is 86.3 Å². The molecule has 3 aromatic rings. The van der Waals surface area contributed by atoms with E-state index in [1.54, 1.807) is 24.3 Å². The number of nitrogens with one attached hydrogen (secondary N) is 1. The fourth-order valence-corrected chi connectivity index (χ4v) is 3.86. The first kappa shape index (κ1) is 23.5. The van der Waals surface area contributed by atoms with Crippen LogP contribution in [0.25, 0.3) is 0 Å². The monoisotopic (exact) mass is 459 g/mol. The quantitative estimate of drug-likeness (QED) is 0.506. The maximum Gasteiger partial charge on any atom is 0.275 e. The summed E-state index contributed by atoms with van der Waals surface area (Å²) in [5.41, 5.74) is 0.638. The van der Waals surface area contributed by atoms with E-state index in [0.29, 0.717) is 24.7 Å². The van der Waals surface area contributed by atoms with Crippen LogP contribution < -0.4 is 10.7 Å². The highest BCUT2D eigenvalue weighted by molar-refractivity contribution is 7.27. The molecule has 0 radical (unpaired) electrons. The van der Waals surface area contributed by atoms with Crippen LogP contribution in [0.2, 0.25) is 0 Å². The van der Waals surface area contributed by atoms with Crippen molar-refractivity contribution >= 4 is 20.5 Å². The Morgan fingerprint density at radius 2 is 1.84 bits per heavy atom. The van der Waals surface area contributed by atoms with Gasteiger partial charge in [0.05, 0.1) is 6.20 Å². The van der Waals surface area contributed by atoms with Crippen LogP contribution >= 0.6 is 9.24 Å². The van der Waals surface area contributed by atoms with Crippen LogP contribution in [-0.4, -0.2) is 39.2 Å². The number of carbonyl (C=O) groups excluding carboxylic acids is 1. The van der Waals surface area contributed by atoms with Gasteiger partial charge in [-0.2, -0.15) is 5.10 Å². The summed E-state index contributed by atoms with van der Waals surface area (Å²) in [5, 5.41) is 16.4. The predicted molar refractivity (Wildman–Crippen MR) is 121 cm³/mol. The Labute approximate surface area is 186 Å². The molecule has 1 aromatic heterocycles. The van der Waals surface area contributed by atoms with Gasteiger partial charge in [-0.15, -0.1) is 9.24 Å². The summed E-state index contributed by atoms with van der Waals surface area (Å²) < 4.78 is 27.3. The molecule has 6 nitrogen and oxygen atoms in total. The van der Waals surface area contributed by atoms with Gasteiger partial charge >= 0.3 is 0 Å². The second-order valence-electron chi connectivity index (χ2n) is 7.42. The molecule has 0 aliphatic carbocycles. The lowest BCUT2D eigenvalue weighted by Gasteiger charge is -2.26. The van der Waals surface area contributed by atoms with Crippen LogP contribution in [0.3, 0.4) is 0 Å². The first-order valence-electron chi connectivity index (χ1n) is 10.2. The zero-order valence-electron chi connectivity index (χ0n) is 17.5. The Bertz CT molecular complexity index is 1150. The number of nitrogens with zero attached hydrogens (tertiary/aromatic N) is 2. The number of benzene rings is 2. The van der Waals surface area contributed by atoms with Crippen molar-refractivity contribution in [1.82, 2.24) is 15.1 Å². The molecule has 0 saturated heterocycles. The minimum absolute atomic E-state index is 0.232. The first-order valence-corrected chi connectivity index (χ1v) is 10.8. The normalized spacial score (nSPS) is 11.9. The summed E-state index contributed by atoms with van der Waals surface area (Å²) in [6.45, 7) is 2.59. The van der Waals surface area contributed by atoms with Crippen molar-refractivity contribution in [3.63, 3.8) is 0 Å². The van der Waals surface area contributed by atoms with E-state index in [9.17, 15) is 23.5 Å². The number of halogens is 2. The van der Waals surface area contributed by atoms with Crippen molar-refractivity contribution in [3.8, 4) is 5.75 Å². The second kappa shape index (κ2) is 10.5. The highest BCUT2D eigenvalue weighted by Gasteiger charge is 2.23. The summed E-state index contributed by atoms with van der Waals surface area (Å²) in [6.07, 6.45) is 2.01. The Balaban J connectivity index is 1.90. The lowest BCUT2D eigenvalue weighted by molar-refractivity contribution is 0.0741. The van der Waals surface area contributed by atoms with E-state index in [1.165, 1.54) is 23.1 Å². The van der Waals surface area contributed by atoms with Crippen LogP contribution in [0.4, 0.5) is 8.78 Å². The molecule has 0 bridgehead atoms. The zero-order valence-corrected chi connectivity index (χ0v) is 18.7. The SMILES string of the molecule is CCCN(CCC(c1ccc(F)cc1)c1ccc(F)c(P)c1)C(=O)c1[nH]ncc(=O)c1O. The van der Waals surface area contributed by atoms with Crippen molar-refractivity contribution in [2.75, 3.05) is 13.1 Å². The summed E-state index contributed by atoms with van der Waals surface area (Å²) >= 11 is 0. The van der Waals surface area contributed by atoms with Crippen LogP contribution in [0.5, 0.6) is 5.75 Å². The Morgan fingerprint density at radius 1 is 1.16 bits per heavy atom. The number of hydrogen-bond donors (Lipinski definition) is 2. The fraction of sp³-hybridized carbons (Fsp3) is 0.261. The highest BCUT2D eigenvalue weighted by atomic mass is 31.0. The number of aromatic amines is 1. The lowest BCUT2D eigenvalue weighted by Crippen LogP contribution is -2.35. The molecule has 0 aliphatic heterocycles. The molecule has 0 spiro atoms. The van der Waals surface area contributed by atoms with Crippen LogP contribution in [0.15, 0.2) is 53.5 Å². The van der Waals surface area contributed by atoms with Gasteiger partial charge in [-0.05, 0) is 48.2 Å². The second-order valence-corrected chi connectivity index (χ2v) is 8.05. The van der Waals surface area contributed by atoms with Crippen molar-refractivity contribution < 1.29 is 18.7 Å². The minimum Gasteiger partial charge on any atom is -0.502 e. The van der Waals surface area contributed by atoms with Crippen LogP contribution in [-0.2, 0) is 0 Å². The summed E-state index contributed by atoms with van der Waals surface area (Å²) in [4.78, 5) is 26.2. The third-order valence-electron chi connectivity index (χ3n) is 5.21. The summed E-state index contributed by atoms with van der Waals surface area (Å²) in [6, 6.07) is 10.8. The highest BCUT2D eigenvalue weighted by Crippen LogP contribution is 2.29. The van der Waals surface area contributed by atoms with Gasteiger partial charge in [0.2, 0.25) is 5.43 Å². The van der Waals surface area contributed by atoms with Crippen molar-refractivity contribution in [1.29, 1.82) is 0 Å². The van der Waals surface area contributed by atoms with E-state index in [4.69, 9.17) is 0 Å². The molecule has 0 aliphatic rings. The predicted octanol–water partition coefficient (Wildman–Crippen LogP) is 3.33. The molecule has 2 aromatic carbocycles. The van der Waals surface area contributed by atoms with Gasteiger partial charge in [-0.25, -0.2) is 8.78 Å². The number of rotatable bonds is 8. The number of carbonyl (C=O) groups is 1. The number of aromatic hydroxyl groups is 1. The summed E-state index contributed by atoms with van der Waals surface area (Å²) in [7, 11) is 2.35. The smallest absolute Gasteiger partial charge is 0.275 e. The molecule has 1 heterocycles. The van der Waals surface area contributed by atoms with Crippen LogP contribution in [0.1, 0.15) is 47.3 Å². The summed E-state index contributed by atoms with van der Waals surface area (Å²) in [5.74, 6) is -2.16. The molecule has 2 N–H and O–H groups in total. The average molecular weight is 459 g/mol. The molecular weight excluding hydrogens is 435 g/mol. The Kier molecular flexibility index (Phi) is 7.70. The van der Waals surface area contributed by atoms with E-state index in [-0.39, 0.29) is 29.8 Å². The van der Waals surface area contributed by atoms with E-state index in [0.717, 1.165) is 17.3 Å². The van der Waals surface area contributed by atoms with Gasteiger partial charge in [0.15, 0.2) is 11.4 Å². The van der Waals surface area contributed by atoms with E-state index >= 15 is 0 Å². The van der Waals surface area contributed by atoms with E-state index in [1.807, 2.05) is 6.92 Å². The van der Waals surface area contributed by atoms with Gasteiger partial charge in [0.25, 0.3) is 5.91 Å². The van der Waals surface area contributed by atoms with E-state index < -0.39 is 17.1 Å². The maximum absolute atomic E-state index is 13.8. The fourth-order valence-electron chi connectivity index (χ4n) is 3.57. The Morgan fingerprint density at radius 3 is 2.50 bits per heavy atom. The number of hydrogen-bond acceptors (Lipinski definition) is 4. The molecular formula is C23H24F2N3O3P. The molecule has 2 unspecified atom stereocenters. The molecule has 1 amide bonds. The van der Waals surface area contributed by atoms with Gasteiger partial charge in [-0.3, -0.25) is 14.7 Å². The zero-order chi connectivity index (χ0) is 23.3. The molecule has 2 atom stereocenters. The number of amides is 1. The minimum atomic E-state index is -0.743. The average Bonchev–Trinajstić information content (AvgIpc) is 2.78. The maximum atomic E-state index is 13.8. The standard InChI is InChI=1S/C23H24F2N3O3P/c1-2-10-28(23(31)21-22(30)19(29)13-26-27-21)11-9-17(14-3-6-16(24)7-4-14)15-5-8-18(25)20(32)12-15/h3-8,12-13,17H,2,9-11,32H2,1H3,(H,26,30)(H,27,29).